The normalized spacial score (nSPS) is 14.7. The maximum absolute atomic E-state index is 12.7. The van der Waals surface area contributed by atoms with Gasteiger partial charge in [0.15, 0.2) is 0 Å². The molecule has 0 N–H and O–H groups in total. The molecular formula is C16H16N4O. The maximum atomic E-state index is 12.7. The van der Waals surface area contributed by atoms with Crippen molar-refractivity contribution in [2.75, 3.05) is 0 Å². The van der Waals surface area contributed by atoms with Gasteiger partial charge in [-0.05, 0) is 31.4 Å². The lowest BCUT2D eigenvalue weighted by molar-refractivity contribution is 0.642. The van der Waals surface area contributed by atoms with Gasteiger partial charge in [0.25, 0.3) is 5.56 Å². The van der Waals surface area contributed by atoms with Gasteiger partial charge in [0.1, 0.15) is 0 Å². The van der Waals surface area contributed by atoms with Crippen molar-refractivity contribution in [3.8, 4) is 0 Å². The van der Waals surface area contributed by atoms with E-state index in [2.05, 4.69) is 14.5 Å². The van der Waals surface area contributed by atoms with E-state index in [9.17, 15) is 4.79 Å². The monoisotopic (exact) mass is 280 g/mol. The number of benzene rings is 1. The molecule has 1 fully saturated rings. The first-order valence-corrected chi connectivity index (χ1v) is 7.19. The van der Waals surface area contributed by atoms with Crippen LogP contribution in [0.3, 0.4) is 0 Å². The van der Waals surface area contributed by atoms with Gasteiger partial charge in [-0.25, -0.2) is 9.97 Å². The van der Waals surface area contributed by atoms with Crippen molar-refractivity contribution in [3.05, 3.63) is 58.7 Å². The van der Waals surface area contributed by atoms with Gasteiger partial charge in [0.05, 0.1) is 35.8 Å². The molecule has 0 unspecified atom stereocenters. The zero-order chi connectivity index (χ0) is 14.4. The predicted molar refractivity (Wildman–Crippen MR) is 80.3 cm³/mol. The summed E-state index contributed by atoms with van der Waals surface area (Å²) in [6, 6.07) is 6.32. The van der Waals surface area contributed by atoms with E-state index in [1.165, 1.54) is 12.8 Å². The van der Waals surface area contributed by atoms with Gasteiger partial charge in [-0.15, -0.1) is 0 Å². The molecule has 0 saturated heterocycles. The minimum atomic E-state index is 0.0154. The first-order valence-electron chi connectivity index (χ1n) is 7.19. The summed E-state index contributed by atoms with van der Waals surface area (Å²) in [6.07, 6.45) is 7.74. The second kappa shape index (κ2) is 4.55. The SMILES string of the molecule is Cc1cccc2ncn(Cc3cncn3C3CC3)c(=O)c12. The number of aromatic nitrogens is 4. The molecule has 0 spiro atoms. The molecular weight excluding hydrogens is 264 g/mol. The van der Waals surface area contributed by atoms with E-state index in [4.69, 9.17) is 0 Å². The van der Waals surface area contributed by atoms with Crippen LogP contribution in [-0.4, -0.2) is 19.1 Å². The first-order chi connectivity index (χ1) is 10.2. The summed E-state index contributed by atoms with van der Waals surface area (Å²) in [6.45, 7) is 2.47. The van der Waals surface area contributed by atoms with Crippen LogP contribution >= 0.6 is 0 Å². The first kappa shape index (κ1) is 12.3. The Labute approximate surface area is 121 Å². The molecule has 0 amide bonds. The summed E-state index contributed by atoms with van der Waals surface area (Å²) in [4.78, 5) is 21.3. The Balaban J connectivity index is 1.80. The largest absolute Gasteiger partial charge is 0.330 e. The van der Waals surface area contributed by atoms with Crippen LogP contribution < -0.4 is 5.56 Å². The molecule has 1 aliphatic carbocycles. The second-order valence-electron chi connectivity index (χ2n) is 5.67. The number of imidazole rings is 1. The minimum absolute atomic E-state index is 0.0154. The fraction of sp³-hybridized carbons (Fsp3) is 0.312. The molecule has 1 saturated carbocycles. The molecule has 3 aromatic rings. The lowest BCUT2D eigenvalue weighted by atomic mass is 10.1. The van der Waals surface area contributed by atoms with Gasteiger partial charge in [0.2, 0.25) is 0 Å². The van der Waals surface area contributed by atoms with Crippen LogP contribution in [0.5, 0.6) is 0 Å². The molecule has 0 bridgehead atoms. The lowest BCUT2D eigenvalue weighted by Crippen LogP contribution is -2.23. The maximum Gasteiger partial charge on any atom is 0.261 e. The van der Waals surface area contributed by atoms with Crippen LogP contribution in [0.1, 0.15) is 30.1 Å². The average molecular weight is 280 g/mol. The Morgan fingerprint density at radius 2 is 2.14 bits per heavy atom. The number of fused-ring (bicyclic) bond motifs is 1. The molecule has 1 aromatic carbocycles. The summed E-state index contributed by atoms with van der Waals surface area (Å²) in [5.41, 5.74) is 2.80. The molecule has 2 aromatic heterocycles. The molecule has 4 rings (SSSR count). The summed E-state index contributed by atoms with van der Waals surface area (Å²) in [7, 11) is 0. The standard InChI is InChI=1S/C16H16N4O/c1-11-3-2-4-14-15(11)16(21)19(10-18-14)8-13-7-17-9-20(13)12-5-6-12/h2-4,7,9-10,12H,5-6,8H2,1H3. The Kier molecular flexibility index (Phi) is 2.67. The molecule has 0 radical (unpaired) electrons. The molecule has 2 heterocycles. The highest BCUT2D eigenvalue weighted by atomic mass is 16.1. The molecule has 5 heteroatoms. The Bertz CT molecular complexity index is 873. The minimum Gasteiger partial charge on any atom is -0.330 e. The quantitative estimate of drug-likeness (QED) is 0.739. The van der Waals surface area contributed by atoms with Gasteiger partial charge in [0, 0.05) is 12.2 Å². The van der Waals surface area contributed by atoms with E-state index in [1.807, 2.05) is 37.6 Å². The van der Waals surface area contributed by atoms with Crippen molar-refractivity contribution in [1.82, 2.24) is 19.1 Å². The fourth-order valence-corrected chi connectivity index (χ4v) is 2.79. The van der Waals surface area contributed by atoms with Crippen LogP contribution in [0.4, 0.5) is 0 Å². The van der Waals surface area contributed by atoms with Crippen molar-refractivity contribution in [2.24, 2.45) is 0 Å². The van der Waals surface area contributed by atoms with Gasteiger partial charge in [-0.3, -0.25) is 9.36 Å². The highest BCUT2D eigenvalue weighted by Crippen LogP contribution is 2.35. The van der Waals surface area contributed by atoms with E-state index < -0.39 is 0 Å². The van der Waals surface area contributed by atoms with Gasteiger partial charge >= 0.3 is 0 Å². The lowest BCUT2D eigenvalue weighted by Gasteiger charge is -2.10. The Morgan fingerprint density at radius 3 is 2.95 bits per heavy atom. The third kappa shape index (κ3) is 2.05. The van der Waals surface area contributed by atoms with E-state index in [0.29, 0.717) is 18.0 Å². The van der Waals surface area contributed by atoms with Crippen molar-refractivity contribution in [1.29, 1.82) is 0 Å². The Morgan fingerprint density at radius 1 is 1.29 bits per heavy atom. The van der Waals surface area contributed by atoms with E-state index >= 15 is 0 Å². The average Bonchev–Trinajstić information content (AvgIpc) is 3.22. The van der Waals surface area contributed by atoms with Crippen LogP contribution in [0, 0.1) is 6.92 Å². The highest BCUT2D eigenvalue weighted by molar-refractivity contribution is 5.80. The predicted octanol–water partition coefficient (Wildman–Crippen LogP) is 2.28. The molecule has 21 heavy (non-hydrogen) atoms. The van der Waals surface area contributed by atoms with Crippen molar-refractivity contribution in [3.63, 3.8) is 0 Å². The van der Waals surface area contributed by atoms with Gasteiger partial charge in [-0.1, -0.05) is 12.1 Å². The van der Waals surface area contributed by atoms with Crippen LogP contribution in [0.2, 0.25) is 0 Å². The third-order valence-electron chi connectivity index (χ3n) is 4.08. The fourth-order valence-electron chi connectivity index (χ4n) is 2.79. The van der Waals surface area contributed by atoms with Crippen molar-refractivity contribution >= 4 is 10.9 Å². The van der Waals surface area contributed by atoms with Gasteiger partial charge in [-0.2, -0.15) is 0 Å². The number of hydrogen-bond acceptors (Lipinski definition) is 3. The number of nitrogens with zero attached hydrogens (tertiary/aromatic N) is 4. The van der Waals surface area contributed by atoms with Crippen molar-refractivity contribution < 1.29 is 0 Å². The van der Waals surface area contributed by atoms with Crippen molar-refractivity contribution in [2.45, 2.75) is 32.4 Å². The topological polar surface area (TPSA) is 52.7 Å². The zero-order valence-corrected chi connectivity index (χ0v) is 11.9. The van der Waals surface area contributed by atoms with Crippen LogP contribution in [0.15, 0.2) is 41.8 Å². The summed E-state index contributed by atoms with van der Waals surface area (Å²) in [5, 5.41) is 0.706. The summed E-state index contributed by atoms with van der Waals surface area (Å²) >= 11 is 0. The highest BCUT2D eigenvalue weighted by Gasteiger charge is 2.25. The van der Waals surface area contributed by atoms with E-state index in [0.717, 1.165) is 16.8 Å². The van der Waals surface area contributed by atoms with Crippen LogP contribution in [-0.2, 0) is 6.54 Å². The smallest absolute Gasteiger partial charge is 0.261 e. The molecule has 0 aliphatic heterocycles. The van der Waals surface area contributed by atoms with E-state index in [-0.39, 0.29) is 5.56 Å². The number of rotatable bonds is 3. The zero-order valence-electron chi connectivity index (χ0n) is 11.9. The van der Waals surface area contributed by atoms with Crippen LogP contribution in [0.25, 0.3) is 10.9 Å². The molecule has 106 valence electrons. The Hall–Kier alpha value is -2.43. The molecule has 5 nitrogen and oxygen atoms in total. The molecule has 1 aliphatic rings. The van der Waals surface area contributed by atoms with E-state index in [1.54, 1.807) is 10.9 Å². The number of hydrogen-bond donors (Lipinski definition) is 0. The summed E-state index contributed by atoms with van der Waals surface area (Å²) in [5.74, 6) is 0. The van der Waals surface area contributed by atoms with Gasteiger partial charge < -0.3 is 4.57 Å². The number of aryl methyl sites for hydroxylation is 1. The third-order valence-corrected chi connectivity index (χ3v) is 4.08. The summed E-state index contributed by atoms with van der Waals surface area (Å²) < 4.78 is 3.85. The molecule has 0 atom stereocenters. The second-order valence-corrected chi connectivity index (χ2v) is 5.67.